The van der Waals surface area contributed by atoms with Crippen LogP contribution in [0.4, 0.5) is 0 Å². The molecule has 0 radical (unpaired) electrons. The highest BCUT2D eigenvalue weighted by Crippen LogP contribution is 2.16. The summed E-state index contributed by atoms with van der Waals surface area (Å²) in [6, 6.07) is 3.55. The average Bonchev–Trinajstić information content (AvgIpc) is 2.53. The zero-order valence-corrected chi connectivity index (χ0v) is 12.2. The van der Waals surface area contributed by atoms with Gasteiger partial charge in [0.25, 0.3) is 0 Å². The molecule has 0 saturated carbocycles. The molecule has 1 fully saturated rings. The van der Waals surface area contributed by atoms with Gasteiger partial charge in [-0.05, 0) is 44.4 Å². The third-order valence-electron chi connectivity index (χ3n) is 3.20. The number of piperidine rings is 1. The van der Waals surface area contributed by atoms with Crippen molar-refractivity contribution in [3.8, 4) is 17.7 Å². The summed E-state index contributed by atoms with van der Waals surface area (Å²) in [4.78, 5) is 15.5. The Bertz CT molecular complexity index is 528. The molecule has 1 aromatic heterocycles. The first-order chi connectivity index (χ1) is 10.3. The van der Waals surface area contributed by atoms with Gasteiger partial charge in [0.15, 0.2) is 0 Å². The third kappa shape index (κ3) is 5.09. The van der Waals surface area contributed by atoms with Crippen LogP contribution >= 0.6 is 0 Å². The monoisotopic (exact) mass is 288 g/mol. The van der Waals surface area contributed by atoms with Crippen LogP contribution in [0.1, 0.15) is 25.3 Å². The Morgan fingerprint density at radius 2 is 2.48 bits per heavy atom. The van der Waals surface area contributed by atoms with Gasteiger partial charge < -0.3 is 14.8 Å². The summed E-state index contributed by atoms with van der Waals surface area (Å²) in [5.41, 5.74) is 0.606. The molecular weight excluding hydrogens is 268 g/mol. The minimum Gasteiger partial charge on any atom is -0.476 e. The predicted molar refractivity (Wildman–Crippen MR) is 78.8 cm³/mol. The van der Waals surface area contributed by atoms with Crippen LogP contribution in [0.15, 0.2) is 18.3 Å². The summed E-state index contributed by atoms with van der Waals surface area (Å²) in [5.74, 6) is 5.62. The lowest BCUT2D eigenvalue weighted by molar-refractivity contribution is -0.136. The Balaban J connectivity index is 1.97. The smallest absolute Gasteiger partial charge is 0.384 e. The molecule has 21 heavy (non-hydrogen) atoms. The van der Waals surface area contributed by atoms with Gasteiger partial charge >= 0.3 is 5.97 Å². The first-order valence-electron chi connectivity index (χ1n) is 7.27. The molecular formula is C16H20N2O3. The SMILES string of the molecule is CCOC(=O)C#Cc1cccnc1OCC1CCCNC1. The van der Waals surface area contributed by atoms with E-state index >= 15 is 0 Å². The van der Waals surface area contributed by atoms with Crippen LogP contribution in [0.2, 0.25) is 0 Å². The number of pyridine rings is 1. The molecule has 1 aliphatic heterocycles. The zero-order chi connectivity index (χ0) is 14.9. The topological polar surface area (TPSA) is 60.5 Å². The quantitative estimate of drug-likeness (QED) is 0.670. The molecule has 2 rings (SSSR count). The number of hydrogen-bond donors (Lipinski definition) is 1. The lowest BCUT2D eigenvalue weighted by atomic mass is 10.0. The summed E-state index contributed by atoms with van der Waals surface area (Å²) in [7, 11) is 0. The number of esters is 1. The van der Waals surface area contributed by atoms with Gasteiger partial charge in [-0.1, -0.05) is 0 Å². The highest BCUT2D eigenvalue weighted by Gasteiger charge is 2.14. The molecule has 5 nitrogen and oxygen atoms in total. The maximum atomic E-state index is 11.3. The van der Waals surface area contributed by atoms with Crippen molar-refractivity contribution in [2.45, 2.75) is 19.8 Å². The summed E-state index contributed by atoms with van der Waals surface area (Å²) < 4.78 is 10.5. The van der Waals surface area contributed by atoms with Gasteiger partial charge in [-0.2, -0.15) is 0 Å². The summed E-state index contributed by atoms with van der Waals surface area (Å²) in [6.45, 7) is 4.72. The highest BCUT2D eigenvalue weighted by atomic mass is 16.5. The molecule has 0 aromatic carbocycles. The molecule has 0 amide bonds. The van der Waals surface area contributed by atoms with Crippen LogP contribution < -0.4 is 10.1 Å². The van der Waals surface area contributed by atoms with Crippen LogP contribution in [0.3, 0.4) is 0 Å². The number of aromatic nitrogens is 1. The van der Waals surface area contributed by atoms with Crippen LogP contribution in [0.25, 0.3) is 0 Å². The van der Waals surface area contributed by atoms with Gasteiger partial charge in [-0.15, -0.1) is 0 Å². The van der Waals surface area contributed by atoms with Gasteiger partial charge in [0.05, 0.1) is 18.8 Å². The van der Waals surface area contributed by atoms with Crippen molar-refractivity contribution in [2.75, 3.05) is 26.3 Å². The van der Waals surface area contributed by atoms with Crippen molar-refractivity contribution >= 4 is 5.97 Å². The van der Waals surface area contributed by atoms with E-state index in [-0.39, 0.29) is 0 Å². The van der Waals surface area contributed by atoms with E-state index in [0.29, 0.717) is 30.6 Å². The maximum Gasteiger partial charge on any atom is 0.384 e. The largest absolute Gasteiger partial charge is 0.476 e. The van der Waals surface area contributed by atoms with E-state index < -0.39 is 5.97 Å². The van der Waals surface area contributed by atoms with Gasteiger partial charge in [0.1, 0.15) is 0 Å². The average molecular weight is 288 g/mol. The Labute approximate surface area is 125 Å². The third-order valence-corrected chi connectivity index (χ3v) is 3.20. The number of ether oxygens (including phenoxy) is 2. The number of carbonyl (C=O) groups excluding carboxylic acids is 1. The van der Waals surface area contributed by atoms with E-state index in [4.69, 9.17) is 9.47 Å². The minimum atomic E-state index is -0.538. The zero-order valence-electron chi connectivity index (χ0n) is 12.2. The van der Waals surface area contributed by atoms with Crippen molar-refractivity contribution in [2.24, 2.45) is 5.92 Å². The number of nitrogens with one attached hydrogen (secondary N) is 1. The van der Waals surface area contributed by atoms with E-state index in [0.717, 1.165) is 19.5 Å². The first-order valence-corrected chi connectivity index (χ1v) is 7.27. The second kappa shape index (κ2) is 8.28. The molecule has 1 saturated heterocycles. The van der Waals surface area contributed by atoms with E-state index in [1.165, 1.54) is 6.42 Å². The lowest BCUT2D eigenvalue weighted by Gasteiger charge is -2.22. The molecule has 1 aromatic rings. The molecule has 1 N–H and O–H groups in total. The van der Waals surface area contributed by atoms with E-state index in [1.807, 2.05) is 0 Å². The number of nitrogens with zero attached hydrogens (tertiary/aromatic N) is 1. The highest BCUT2D eigenvalue weighted by molar-refractivity contribution is 5.89. The number of hydrogen-bond acceptors (Lipinski definition) is 5. The molecule has 1 unspecified atom stereocenters. The lowest BCUT2D eigenvalue weighted by Crippen LogP contribution is -2.33. The van der Waals surface area contributed by atoms with Crippen molar-refractivity contribution in [3.05, 3.63) is 23.9 Å². The van der Waals surface area contributed by atoms with E-state index in [1.54, 1.807) is 25.3 Å². The van der Waals surface area contributed by atoms with Gasteiger partial charge in [0, 0.05) is 24.6 Å². The van der Waals surface area contributed by atoms with E-state index in [2.05, 4.69) is 22.1 Å². The fourth-order valence-electron chi connectivity index (χ4n) is 2.15. The number of carbonyl (C=O) groups is 1. The van der Waals surface area contributed by atoms with Gasteiger partial charge in [-0.25, -0.2) is 9.78 Å². The van der Waals surface area contributed by atoms with Crippen molar-refractivity contribution in [3.63, 3.8) is 0 Å². The minimum absolute atomic E-state index is 0.318. The maximum absolute atomic E-state index is 11.3. The normalized spacial score (nSPS) is 17.5. The van der Waals surface area contributed by atoms with Crippen LogP contribution in [0.5, 0.6) is 5.88 Å². The van der Waals surface area contributed by atoms with Crippen LogP contribution in [-0.4, -0.2) is 37.3 Å². The molecule has 5 heteroatoms. The Morgan fingerprint density at radius 1 is 1.57 bits per heavy atom. The number of rotatable bonds is 4. The summed E-state index contributed by atoms with van der Waals surface area (Å²) in [6.07, 6.45) is 3.99. The van der Waals surface area contributed by atoms with Crippen LogP contribution in [-0.2, 0) is 9.53 Å². The second-order valence-corrected chi connectivity index (χ2v) is 4.85. The molecule has 2 heterocycles. The Kier molecular flexibility index (Phi) is 6.04. The molecule has 0 bridgehead atoms. The van der Waals surface area contributed by atoms with Crippen molar-refractivity contribution in [1.29, 1.82) is 0 Å². The molecule has 0 aliphatic carbocycles. The molecule has 112 valence electrons. The van der Waals surface area contributed by atoms with Gasteiger partial charge in [-0.3, -0.25) is 0 Å². The first kappa shape index (κ1) is 15.3. The second-order valence-electron chi connectivity index (χ2n) is 4.85. The Morgan fingerprint density at radius 3 is 3.24 bits per heavy atom. The van der Waals surface area contributed by atoms with Gasteiger partial charge in [0.2, 0.25) is 5.88 Å². The summed E-state index contributed by atoms with van der Waals surface area (Å²) >= 11 is 0. The summed E-state index contributed by atoms with van der Waals surface area (Å²) in [5, 5.41) is 3.35. The van der Waals surface area contributed by atoms with Crippen LogP contribution in [0, 0.1) is 17.8 Å². The fourth-order valence-corrected chi connectivity index (χ4v) is 2.15. The Hall–Kier alpha value is -2.06. The van der Waals surface area contributed by atoms with Crippen molar-refractivity contribution < 1.29 is 14.3 Å². The molecule has 1 atom stereocenters. The molecule has 1 aliphatic rings. The standard InChI is InChI=1S/C16H20N2O3/c1-2-20-15(19)8-7-14-6-4-10-18-16(14)21-12-13-5-3-9-17-11-13/h4,6,10,13,17H,2-3,5,9,11-12H2,1H3. The predicted octanol–water partition coefficient (Wildman–Crippen LogP) is 1.37. The van der Waals surface area contributed by atoms with Crippen molar-refractivity contribution in [1.82, 2.24) is 10.3 Å². The molecule has 0 spiro atoms. The van der Waals surface area contributed by atoms with E-state index in [9.17, 15) is 4.79 Å². The fraction of sp³-hybridized carbons (Fsp3) is 0.500.